The molecule has 0 radical (unpaired) electrons. The maximum Gasteiger partial charge on any atom is 0.490 e. The van der Waals surface area contributed by atoms with Crippen LogP contribution in [-0.4, -0.2) is 130 Å². The zero-order valence-electron chi connectivity index (χ0n) is 17.1. The number of aliphatic hydroxyl groups excluding tert-OH is 7. The molecule has 2 heterocycles. The topological polar surface area (TPSA) is 329 Å². The molecule has 2 unspecified atom stereocenters. The van der Waals surface area contributed by atoms with Crippen molar-refractivity contribution in [2.24, 2.45) is 0 Å². The first-order valence-electron chi connectivity index (χ1n) is 9.32. The molecule has 2 saturated heterocycles. The third kappa shape index (κ3) is 8.25. The molecule has 35 heavy (non-hydrogen) atoms. The van der Waals surface area contributed by atoms with Crippen LogP contribution >= 0.6 is 23.5 Å². The summed E-state index contributed by atoms with van der Waals surface area (Å²) < 4.78 is 61.3. The molecule has 23 heteroatoms. The van der Waals surface area contributed by atoms with Crippen molar-refractivity contribution in [3.8, 4) is 0 Å². The standard InChI is InChI=1S/C12H25O20P3/c13-1-3-5(15)6(16)10(30-34(23,24)32-35(25,26)31-33(20,21)22)12(28-3)29-9-4(2-14)27-11(19)8(18)7(9)17/h3-19H,1-2H2,(H,23,24)(H,25,26)(H2,20,21,22)/t3-,4-,5-,6+,7-,8-,9-,10-,11+,12-/m1/s1. The SMILES string of the molecule is O=P(O)(O)OP(=O)(O)OP(=O)(O)O[C@H]1[C@@H](O[C@H]2[C@H](O)[C@@H](O)[C@@H](O)O[C@@H]2CO)O[C@H](CO)[C@@H](O)[C@@H]1O. The van der Waals surface area contributed by atoms with Gasteiger partial charge in [-0.1, -0.05) is 0 Å². The molecular formula is C12H25O20P3. The summed E-state index contributed by atoms with van der Waals surface area (Å²) in [6.07, 6.45) is -19.9. The minimum atomic E-state index is -5.97. The Morgan fingerprint density at radius 2 is 1.20 bits per heavy atom. The number of phosphoric ester groups is 1. The van der Waals surface area contributed by atoms with Crippen LogP contribution in [0, 0.1) is 0 Å². The smallest absolute Gasteiger partial charge is 0.394 e. The van der Waals surface area contributed by atoms with Crippen molar-refractivity contribution in [3.05, 3.63) is 0 Å². The summed E-state index contributed by atoms with van der Waals surface area (Å²) in [5.41, 5.74) is 0. The summed E-state index contributed by atoms with van der Waals surface area (Å²) in [6.45, 7) is -1.91. The van der Waals surface area contributed by atoms with E-state index in [-0.39, 0.29) is 0 Å². The fourth-order valence-electron chi connectivity index (χ4n) is 3.12. The zero-order valence-corrected chi connectivity index (χ0v) is 19.8. The first-order valence-corrected chi connectivity index (χ1v) is 13.8. The van der Waals surface area contributed by atoms with Crippen molar-refractivity contribution in [1.82, 2.24) is 0 Å². The maximum atomic E-state index is 12.2. The van der Waals surface area contributed by atoms with Crippen LogP contribution in [0.2, 0.25) is 0 Å². The van der Waals surface area contributed by atoms with Crippen LogP contribution in [0.5, 0.6) is 0 Å². The van der Waals surface area contributed by atoms with Gasteiger partial charge in [-0.2, -0.15) is 8.62 Å². The van der Waals surface area contributed by atoms with E-state index in [1.54, 1.807) is 0 Å². The second-order valence-corrected chi connectivity index (χ2v) is 11.6. The van der Waals surface area contributed by atoms with E-state index in [0.29, 0.717) is 0 Å². The van der Waals surface area contributed by atoms with Gasteiger partial charge >= 0.3 is 23.5 Å². The van der Waals surface area contributed by atoms with E-state index in [0.717, 1.165) is 0 Å². The summed E-state index contributed by atoms with van der Waals surface area (Å²) in [5.74, 6) is 0. The Balaban J connectivity index is 2.31. The van der Waals surface area contributed by atoms with Crippen LogP contribution in [0.4, 0.5) is 0 Å². The van der Waals surface area contributed by atoms with Crippen molar-refractivity contribution in [2.45, 2.75) is 61.4 Å². The lowest BCUT2D eigenvalue weighted by Gasteiger charge is -2.46. The number of hydrogen-bond acceptors (Lipinski definition) is 16. The molecule has 0 aromatic rings. The van der Waals surface area contributed by atoms with Crippen LogP contribution in [0.1, 0.15) is 0 Å². The molecular weight excluding hydrogens is 557 g/mol. The van der Waals surface area contributed by atoms with E-state index in [1.807, 2.05) is 0 Å². The van der Waals surface area contributed by atoms with Gasteiger partial charge < -0.3 is 69.5 Å². The molecule has 20 nitrogen and oxygen atoms in total. The highest BCUT2D eigenvalue weighted by atomic mass is 31.3. The first kappa shape index (κ1) is 31.2. The van der Waals surface area contributed by atoms with Gasteiger partial charge in [0.05, 0.1) is 13.2 Å². The quantitative estimate of drug-likeness (QED) is 0.107. The molecule has 2 fully saturated rings. The molecule has 0 amide bonds. The van der Waals surface area contributed by atoms with Crippen LogP contribution < -0.4 is 0 Å². The van der Waals surface area contributed by atoms with Gasteiger partial charge in [-0.15, -0.1) is 0 Å². The molecule has 2 aliphatic heterocycles. The number of ether oxygens (including phenoxy) is 3. The Labute approximate surface area is 195 Å². The number of aliphatic hydroxyl groups is 7. The maximum absolute atomic E-state index is 12.2. The Bertz CT molecular complexity index is 847. The van der Waals surface area contributed by atoms with Gasteiger partial charge in [0.1, 0.15) is 48.8 Å². The van der Waals surface area contributed by atoms with Crippen molar-refractivity contribution in [3.63, 3.8) is 0 Å². The Kier molecular flexibility index (Phi) is 10.5. The van der Waals surface area contributed by atoms with Gasteiger partial charge in [0.2, 0.25) is 0 Å². The van der Waals surface area contributed by atoms with E-state index in [2.05, 4.69) is 13.1 Å². The Hall–Kier alpha value is 0.0100. The minimum Gasteiger partial charge on any atom is -0.394 e. The van der Waals surface area contributed by atoms with Crippen LogP contribution in [0.15, 0.2) is 0 Å². The fourth-order valence-corrected chi connectivity index (χ4v) is 6.31. The molecule has 2 rings (SSSR count). The van der Waals surface area contributed by atoms with E-state index in [4.69, 9.17) is 24.0 Å². The van der Waals surface area contributed by atoms with Gasteiger partial charge in [0, 0.05) is 0 Å². The third-order valence-corrected chi connectivity index (χ3v) is 8.46. The van der Waals surface area contributed by atoms with E-state index >= 15 is 0 Å². The van der Waals surface area contributed by atoms with Crippen LogP contribution in [-0.2, 0) is 41.1 Å². The number of rotatable bonds is 10. The molecule has 0 spiro atoms. The van der Waals surface area contributed by atoms with E-state index in [9.17, 15) is 59.2 Å². The average Bonchev–Trinajstić information content (AvgIpc) is 2.70. The first-order chi connectivity index (χ1) is 15.9. The monoisotopic (exact) mass is 582 g/mol. The molecule has 208 valence electrons. The molecule has 12 atom stereocenters. The van der Waals surface area contributed by atoms with Gasteiger partial charge in [0.25, 0.3) is 0 Å². The summed E-state index contributed by atoms with van der Waals surface area (Å²) in [5, 5.41) is 68.7. The predicted molar refractivity (Wildman–Crippen MR) is 101 cm³/mol. The van der Waals surface area contributed by atoms with Crippen LogP contribution in [0.3, 0.4) is 0 Å². The average molecular weight is 582 g/mol. The van der Waals surface area contributed by atoms with Gasteiger partial charge in [-0.05, 0) is 0 Å². The van der Waals surface area contributed by atoms with E-state index in [1.165, 1.54) is 0 Å². The van der Waals surface area contributed by atoms with Crippen molar-refractivity contribution in [2.75, 3.05) is 13.2 Å². The van der Waals surface area contributed by atoms with E-state index < -0.39 is 98.1 Å². The number of phosphoric acid groups is 3. The van der Waals surface area contributed by atoms with Crippen molar-refractivity contribution < 1.29 is 96.4 Å². The summed E-state index contributed by atoms with van der Waals surface area (Å²) in [7, 11) is -17.6. The fraction of sp³-hybridized carbons (Fsp3) is 1.00. The lowest BCUT2D eigenvalue weighted by Crippen LogP contribution is -2.64. The predicted octanol–water partition coefficient (Wildman–Crippen LogP) is -5.05. The van der Waals surface area contributed by atoms with Crippen molar-refractivity contribution >= 4 is 23.5 Å². The molecule has 0 aliphatic carbocycles. The highest BCUT2D eigenvalue weighted by molar-refractivity contribution is 7.66. The second kappa shape index (κ2) is 11.8. The lowest BCUT2D eigenvalue weighted by molar-refractivity contribution is -0.353. The Morgan fingerprint density at radius 3 is 1.71 bits per heavy atom. The van der Waals surface area contributed by atoms with Crippen molar-refractivity contribution in [1.29, 1.82) is 0 Å². The highest BCUT2D eigenvalue weighted by Crippen LogP contribution is 2.66. The zero-order chi connectivity index (χ0) is 26.9. The summed E-state index contributed by atoms with van der Waals surface area (Å²) >= 11 is 0. The summed E-state index contributed by atoms with van der Waals surface area (Å²) in [6, 6.07) is 0. The highest BCUT2D eigenvalue weighted by Gasteiger charge is 2.53. The summed E-state index contributed by atoms with van der Waals surface area (Å²) in [4.78, 5) is 36.2. The minimum absolute atomic E-state index is 0.937. The molecule has 0 saturated carbocycles. The van der Waals surface area contributed by atoms with Gasteiger partial charge in [0.15, 0.2) is 12.6 Å². The van der Waals surface area contributed by atoms with Crippen LogP contribution in [0.25, 0.3) is 0 Å². The number of hydrogen-bond donors (Lipinski definition) is 11. The van der Waals surface area contributed by atoms with Gasteiger partial charge in [-0.3, -0.25) is 4.52 Å². The van der Waals surface area contributed by atoms with Gasteiger partial charge in [-0.25, -0.2) is 13.7 Å². The second-order valence-electron chi connectivity index (χ2n) is 7.20. The Morgan fingerprint density at radius 1 is 0.657 bits per heavy atom. The normalized spacial score (nSPS) is 42.3. The largest absolute Gasteiger partial charge is 0.490 e. The molecule has 0 bridgehead atoms. The molecule has 0 aromatic heterocycles. The lowest BCUT2D eigenvalue weighted by atomic mass is 9.97. The third-order valence-electron chi connectivity index (χ3n) is 4.63. The molecule has 0 aromatic carbocycles. The molecule has 2 aliphatic rings. The molecule has 11 N–H and O–H groups in total.